The van der Waals surface area contributed by atoms with E-state index >= 15 is 0 Å². The van der Waals surface area contributed by atoms with Crippen LogP contribution in [0.15, 0.2) is 33.5 Å². The number of phenolic OH excluding ortho intramolecular Hbond substituents is 1. The molecular formula is C19H18O8. The summed E-state index contributed by atoms with van der Waals surface area (Å²) in [6.45, 7) is 0. The molecule has 2 aromatic carbocycles. The number of hydrogen-bond acceptors (Lipinski definition) is 8. The zero-order valence-corrected chi connectivity index (χ0v) is 15.2. The van der Waals surface area contributed by atoms with Gasteiger partial charge >= 0.3 is 0 Å². The molecule has 0 atom stereocenters. The first-order valence-electron chi connectivity index (χ1n) is 7.82. The topological polar surface area (TPSA) is 108 Å². The molecule has 1 heterocycles. The first kappa shape index (κ1) is 18.2. The number of hydrogen-bond donors (Lipinski definition) is 2. The van der Waals surface area contributed by atoms with Crippen LogP contribution in [0.3, 0.4) is 0 Å². The summed E-state index contributed by atoms with van der Waals surface area (Å²) in [5.74, 6) is -0.323. The van der Waals surface area contributed by atoms with Crippen LogP contribution in [0.2, 0.25) is 0 Å². The van der Waals surface area contributed by atoms with E-state index in [1.165, 1.54) is 52.7 Å². The van der Waals surface area contributed by atoms with E-state index < -0.39 is 11.2 Å². The van der Waals surface area contributed by atoms with Crippen LogP contribution in [-0.2, 0) is 0 Å². The van der Waals surface area contributed by atoms with Gasteiger partial charge in [-0.25, -0.2) is 0 Å². The van der Waals surface area contributed by atoms with Gasteiger partial charge in [0.25, 0.3) is 0 Å². The Labute approximate surface area is 154 Å². The summed E-state index contributed by atoms with van der Waals surface area (Å²) < 4.78 is 26.4. The Balaban J connectivity index is 2.37. The fourth-order valence-electron chi connectivity index (χ4n) is 2.81. The van der Waals surface area contributed by atoms with Gasteiger partial charge in [0.05, 0.1) is 34.0 Å². The summed E-state index contributed by atoms with van der Waals surface area (Å²) in [4.78, 5) is 12.7. The third-order valence-electron chi connectivity index (χ3n) is 4.13. The van der Waals surface area contributed by atoms with Gasteiger partial charge in [-0.3, -0.25) is 4.79 Å². The van der Waals surface area contributed by atoms with E-state index in [1.807, 2.05) is 0 Å². The normalized spacial score (nSPS) is 10.7. The number of phenols is 1. The van der Waals surface area contributed by atoms with Crippen LogP contribution in [0.1, 0.15) is 0 Å². The summed E-state index contributed by atoms with van der Waals surface area (Å²) in [6, 6.07) is 5.95. The zero-order chi connectivity index (χ0) is 19.7. The number of aromatic hydroxyl groups is 2. The molecule has 2 N–H and O–H groups in total. The maximum Gasteiger partial charge on any atom is 0.238 e. The predicted molar refractivity (Wildman–Crippen MR) is 97.5 cm³/mol. The second-order valence-electron chi connectivity index (χ2n) is 5.51. The molecule has 0 spiro atoms. The Morgan fingerprint density at radius 1 is 0.852 bits per heavy atom. The molecule has 0 saturated heterocycles. The monoisotopic (exact) mass is 374 g/mol. The second kappa shape index (κ2) is 6.99. The molecule has 8 nitrogen and oxygen atoms in total. The number of rotatable bonds is 5. The van der Waals surface area contributed by atoms with Crippen LogP contribution >= 0.6 is 0 Å². The van der Waals surface area contributed by atoms with Crippen LogP contribution in [-0.4, -0.2) is 38.7 Å². The van der Waals surface area contributed by atoms with Crippen LogP contribution in [0.5, 0.6) is 34.5 Å². The van der Waals surface area contributed by atoms with Gasteiger partial charge in [0.2, 0.25) is 16.9 Å². The molecule has 142 valence electrons. The highest BCUT2D eigenvalue weighted by Crippen LogP contribution is 2.46. The molecule has 0 bridgehead atoms. The lowest BCUT2D eigenvalue weighted by Gasteiger charge is -2.14. The van der Waals surface area contributed by atoms with Crippen molar-refractivity contribution in [3.8, 4) is 45.8 Å². The van der Waals surface area contributed by atoms with E-state index in [-0.39, 0.29) is 45.3 Å². The molecule has 27 heavy (non-hydrogen) atoms. The molecule has 8 heteroatoms. The van der Waals surface area contributed by atoms with E-state index in [2.05, 4.69) is 0 Å². The maximum absolute atomic E-state index is 12.7. The van der Waals surface area contributed by atoms with Gasteiger partial charge in [0, 0.05) is 12.1 Å². The smallest absolute Gasteiger partial charge is 0.238 e. The second-order valence-corrected chi connectivity index (χ2v) is 5.51. The van der Waals surface area contributed by atoms with Crippen molar-refractivity contribution in [2.45, 2.75) is 0 Å². The molecule has 3 aromatic rings. The number of ether oxygens (including phenoxy) is 4. The van der Waals surface area contributed by atoms with Crippen molar-refractivity contribution in [3.63, 3.8) is 0 Å². The fraction of sp³-hybridized carbons (Fsp3) is 0.211. The SMILES string of the molecule is COc1cc(OC)c2c(=O)c(O)c(-c3ccc(OC)c(OC)c3O)oc2c1. The Morgan fingerprint density at radius 2 is 1.56 bits per heavy atom. The molecule has 0 aliphatic rings. The van der Waals surface area contributed by atoms with E-state index in [4.69, 9.17) is 23.4 Å². The third-order valence-corrected chi connectivity index (χ3v) is 4.13. The van der Waals surface area contributed by atoms with Gasteiger partial charge in [-0.05, 0) is 12.1 Å². The molecule has 1 aromatic heterocycles. The quantitative estimate of drug-likeness (QED) is 0.702. The lowest BCUT2D eigenvalue weighted by molar-refractivity contribution is 0.333. The number of fused-ring (bicyclic) bond motifs is 1. The Hall–Kier alpha value is -3.55. The fourth-order valence-corrected chi connectivity index (χ4v) is 2.81. The van der Waals surface area contributed by atoms with Crippen molar-refractivity contribution in [2.75, 3.05) is 28.4 Å². The van der Waals surface area contributed by atoms with E-state index in [0.717, 1.165) is 0 Å². The Kier molecular flexibility index (Phi) is 4.72. The van der Waals surface area contributed by atoms with Crippen LogP contribution in [0.25, 0.3) is 22.3 Å². The average Bonchev–Trinajstić information content (AvgIpc) is 2.69. The van der Waals surface area contributed by atoms with Crippen LogP contribution in [0, 0.1) is 0 Å². The van der Waals surface area contributed by atoms with Crippen LogP contribution < -0.4 is 24.4 Å². The largest absolute Gasteiger partial charge is 0.504 e. The van der Waals surface area contributed by atoms with Gasteiger partial charge in [-0.2, -0.15) is 0 Å². The molecule has 0 aliphatic heterocycles. The minimum absolute atomic E-state index is 0.0420. The Morgan fingerprint density at radius 3 is 2.15 bits per heavy atom. The molecule has 0 fully saturated rings. The summed E-state index contributed by atoms with van der Waals surface area (Å²) in [5, 5.41) is 21.0. The number of benzene rings is 2. The highest BCUT2D eigenvalue weighted by molar-refractivity contribution is 5.89. The highest BCUT2D eigenvalue weighted by atomic mass is 16.5. The molecule has 0 aliphatic carbocycles. The minimum atomic E-state index is -0.708. The van der Waals surface area contributed by atoms with Gasteiger partial charge < -0.3 is 33.6 Å². The first-order chi connectivity index (χ1) is 13.0. The van der Waals surface area contributed by atoms with Crippen molar-refractivity contribution in [1.82, 2.24) is 0 Å². The predicted octanol–water partition coefficient (Wildman–Crippen LogP) is 2.91. The molecule has 0 unspecified atom stereocenters. The zero-order valence-electron chi connectivity index (χ0n) is 15.2. The minimum Gasteiger partial charge on any atom is -0.504 e. The number of methoxy groups -OCH3 is 4. The van der Waals surface area contributed by atoms with Gasteiger partial charge in [-0.15, -0.1) is 0 Å². The lowest BCUT2D eigenvalue weighted by atomic mass is 10.1. The summed E-state index contributed by atoms with van der Waals surface area (Å²) in [7, 11) is 5.62. The third kappa shape index (κ3) is 2.84. The van der Waals surface area contributed by atoms with E-state index in [1.54, 1.807) is 0 Å². The highest BCUT2D eigenvalue weighted by Gasteiger charge is 2.24. The molecular weight excluding hydrogens is 356 g/mol. The summed E-state index contributed by atoms with van der Waals surface area (Å²) in [5.41, 5.74) is -0.524. The standard InChI is InChI=1S/C19H18O8/c1-23-9-7-12(25-3)14-13(8-9)27-18(17(22)16(14)21)10-5-6-11(24-2)19(26-4)15(10)20/h5-8,20,22H,1-4H3. The van der Waals surface area contributed by atoms with Crippen LogP contribution in [0.4, 0.5) is 0 Å². The van der Waals surface area contributed by atoms with Crippen molar-refractivity contribution in [2.24, 2.45) is 0 Å². The maximum atomic E-state index is 12.7. The van der Waals surface area contributed by atoms with Crippen molar-refractivity contribution >= 4 is 11.0 Å². The molecule has 3 rings (SSSR count). The van der Waals surface area contributed by atoms with Crippen molar-refractivity contribution in [3.05, 3.63) is 34.5 Å². The van der Waals surface area contributed by atoms with Gasteiger partial charge in [-0.1, -0.05) is 0 Å². The van der Waals surface area contributed by atoms with Crippen molar-refractivity contribution in [1.29, 1.82) is 0 Å². The van der Waals surface area contributed by atoms with E-state index in [0.29, 0.717) is 5.75 Å². The Bertz CT molecular complexity index is 1070. The first-order valence-corrected chi connectivity index (χ1v) is 7.82. The van der Waals surface area contributed by atoms with Gasteiger partial charge in [0.15, 0.2) is 17.3 Å². The average molecular weight is 374 g/mol. The summed E-state index contributed by atoms with van der Waals surface area (Å²) >= 11 is 0. The van der Waals surface area contributed by atoms with E-state index in [9.17, 15) is 15.0 Å². The van der Waals surface area contributed by atoms with Gasteiger partial charge in [0.1, 0.15) is 22.5 Å². The molecule has 0 saturated carbocycles. The lowest BCUT2D eigenvalue weighted by Crippen LogP contribution is -2.05. The molecule has 0 amide bonds. The van der Waals surface area contributed by atoms with Crippen molar-refractivity contribution < 1.29 is 33.6 Å². The summed E-state index contributed by atoms with van der Waals surface area (Å²) in [6.07, 6.45) is 0. The molecule has 0 radical (unpaired) electrons.